The average Bonchev–Trinajstić information content (AvgIpc) is 3.89. The van der Waals surface area contributed by atoms with Gasteiger partial charge in [-0.1, -0.05) is 30.3 Å². The Bertz CT molecular complexity index is 2210. The highest BCUT2D eigenvalue weighted by Crippen LogP contribution is 2.41. The Hall–Kier alpha value is -5.53. The minimum atomic E-state index is -0.772. The Morgan fingerprint density at radius 1 is 1.03 bits per heavy atom. The van der Waals surface area contributed by atoms with Gasteiger partial charge in [0.05, 0.1) is 62.6 Å². The number of allylic oxidation sites excluding steroid dienone is 1. The van der Waals surface area contributed by atoms with Crippen LogP contribution in [0.1, 0.15) is 57.6 Å². The van der Waals surface area contributed by atoms with Gasteiger partial charge in [-0.3, -0.25) is 29.3 Å². The number of carbonyl (C=O) groups excluding carboxylic acids is 5. The number of benzene rings is 1. The standard InChI is InChI=1S/C45H53ClFN7O9S/c1-3-31(26-30-28-54(42(58)29(30)2)35-10-11-38(55)53-41(35)57)51-39(56)14-19-60-21-23-62-24-22-61-20-17-48-43(59)45(27-32-6-4-9-37(50-32)52-44-49-18-25-64-44)15-12-33(13-16-45)63-36-8-5-7-34(46)40(36)47/h3-9,18,25-26,33,35H,1,10-17,19-24,27-28H2,2H3,(H,48,59)(H,51,56)(H,49,50,52)(H,53,55,57)/b31-26+. The van der Waals surface area contributed by atoms with Crippen molar-refractivity contribution in [3.05, 3.63) is 100 Å². The number of ether oxygens (including phenoxy) is 4. The van der Waals surface area contributed by atoms with Gasteiger partial charge in [0.1, 0.15) is 11.9 Å². The van der Waals surface area contributed by atoms with Crippen LogP contribution in [0, 0.1) is 11.2 Å². The lowest BCUT2D eigenvalue weighted by Crippen LogP contribution is -2.53. The number of amides is 5. The first-order valence-electron chi connectivity index (χ1n) is 21.2. The fourth-order valence-corrected chi connectivity index (χ4v) is 8.39. The summed E-state index contributed by atoms with van der Waals surface area (Å²) < 4.78 is 37.5. The highest BCUT2D eigenvalue weighted by atomic mass is 35.5. The van der Waals surface area contributed by atoms with Crippen molar-refractivity contribution in [2.75, 3.05) is 58.0 Å². The summed E-state index contributed by atoms with van der Waals surface area (Å²) in [5.74, 6) is -1.43. The number of anilines is 2. The van der Waals surface area contributed by atoms with Crippen LogP contribution in [0.2, 0.25) is 5.02 Å². The van der Waals surface area contributed by atoms with E-state index < -0.39 is 23.2 Å². The third-order valence-corrected chi connectivity index (χ3v) is 12.1. The first kappa shape index (κ1) is 47.9. The number of rotatable bonds is 23. The summed E-state index contributed by atoms with van der Waals surface area (Å²) in [5.41, 5.74) is 1.48. The van der Waals surface area contributed by atoms with E-state index in [-0.39, 0.29) is 99.3 Å². The molecule has 1 unspecified atom stereocenters. The summed E-state index contributed by atoms with van der Waals surface area (Å²) in [6, 6.07) is 9.58. The van der Waals surface area contributed by atoms with Crippen molar-refractivity contribution in [1.82, 2.24) is 30.8 Å². The van der Waals surface area contributed by atoms with E-state index in [4.69, 9.17) is 35.5 Å². The maximum absolute atomic E-state index is 14.6. The molecule has 6 rings (SSSR count). The Kier molecular flexibility index (Phi) is 17.5. The van der Waals surface area contributed by atoms with Gasteiger partial charge in [-0.15, -0.1) is 11.3 Å². The van der Waals surface area contributed by atoms with Crippen LogP contribution in [0.15, 0.2) is 83.5 Å². The lowest BCUT2D eigenvalue weighted by molar-refractivity contribution is -0.142. The topological polar surface area (TPSA) is 199 Å². The van der Waals surface area contributed by atoms with Crippen LogP contribution < -0.4 is 26.0 Å². The van der Waals surface area contributed by atoms with Gasteiger partial charge in [0, 0.05) is 54.5 Å². The summed E-state index contributed by atoms with van der Waals surface area (Å²) in [5, 5.41) is 13.9. The normalized spacial score (nSPS) is 20.3. The number of halogens is 2. The second kappa shape index (κ2) is 23.4. The van der Waals surface area contributed by atoms with Gasteiger partial charge in [-0.05, 0) is 81.0 Å². The molecule has 64 heavy (non-hydrogen) atoms. The predicted molar refractivity (Wildman–Crippen MR) is 237 cm³/mol. The van der Waals surface area contributed by atoms with Crippen LogP contribution in [-0.4, -0.2) is 109 Å². The van der Waals surface area contributed by atoms with E-state index >= 15 is 0 Å². The third kappa shape index (κ3) is 13.3. The second-order valence-corrected chi connectivity index (χ2v) is 16.8. The molecule has 342 valence electrons. The fourth-order valence-electron chi connectivity index (χ4n) is 7.69. The molecule has 5 amide bonds. The first-order chi connectivity index (χ1) is 30.9. The summed E-state index contributed by atoms with van der Waals surface area (Å²) >= 11 is 7.43. The van der Waals surface area contributed by atoms with Gasteiger partial charge in [0.25, 0.3) is 5.91 Å². The molecule has 1 saturated heterocycles. The Balaban J connectivity index is 0.867. The quantitative estimate of drug-likeness (QED) is 0.0543. The number of hydrogen-bond acceptors (Lipinski definition) is 13. The number of thiazole rings is 1. The van der Waals surface area contributed by atoms with E-state index in [1.807, 2.05) is 23.6 Å². The first-order valence-corrected chi connectivity index (χ1v) is 22.4. The number of hydrogen-bond donors (Lipinski definition) is 4. The van der Waals surface area contributed by atoms with Gasteiger partial charge >= 0.3 is 0 Å². The summed E-state index contributed by atoms with van der Waals surface area (Å²) in [6.07, 6.45) is 7.52. The summed E-state index contributed by atoms with van der Waals surface area (Å²) in [4.78, 5) is 73.8. The molecule has 0 spiro atoms. The molecule has 2 aliphatic heterocycles. The molecule has 1 aliphatic carbocycles. The Morgan fingerprint density at radius 3 is 2.48 bits per heavy atom. The van der Waals surface area contributed by atoms with Crippen LogP contribution in [-0.2, 0) is 44.6 Å². The largest absolute Gasteiger partial charge is 0.487 e. The number of imide groups is 1. The van der Waals surface area contributed by atoms with Crippen LogP contribution in [0.3, 0.4) is 0 Å². The summed E-state index contributed by atoms with van der Waals surface area (Å²) in [6.45, 7) is 7.46. The zero-order valence-corrected chi connectivity index (χ0v) is 37.2. The number of carbonyl (C=O) groups is 5. The average molecular weight is 922 g/mol. The minimum Gasteiger partial charge on any atom is -0.487 e. The highest BCUT2D eigenvalue weighted by Gasteiger charge is 2.43. The zero-order chi connectivity index (χ0) is 45.5. The highest BCUT2D eigenvalue weighted by molar-refractivity contribution is 7.13. The maximum atomic E-state index is 14.6. The fraction of sp³-hybridized carbons (Fsp3) is 0.444. The van der Waals surface area contributed by atoms with E-state index in [1.54, 1.807) is 31.3 Å². The van der Waals surface area contributed by atoms with Crippen molar-refractivity contribution in [1.29, 1.82) is 0 Å². The van der Waals surface area contributed by atoms with E-state index in [1.165, 1.54) is 28.4 Å². The van der Waals surface area contributed by atoms with Crippen LogP contribution in [0.25, 0.3) is 0 Å². The number of piperidine rings is 1. The van der Waals surface area contributed by atoms with Crippen molar-refractivity contribution < 1.29 is 47.3 Å². The van der Waals surface area contributed by atoms with E-state index in [9.17, 15) is 28.4 Å². The van der Waals surface area contributed by atoms with Crippen LogP contribution in [0.5, 0.6) is 5.75 Å². The molecule has 4 N–H and O–H groups in total. The van der Waals surface area contributed by atoms with Gasteiger partial charge in [0.15, 0.2) is 16.7 Å². The molecule has 16 nitrogen and oxygen atoms in total. The van der Waals surface area contributed by atoms with E-state index in [0.29, 0.717) is 73.1 Å². The zero-order valence-electron chi connectivity index (χ0n) is 35.6. The smallest absolute Gasteiger partial charge is 0.250 e. The molecule has 0 radical (unpaired) electrons. The van der Waals surface area contributed by atoms with Crippen molar-refractivity contribution in [3.8, 4) is 5.75 Å². The van der Waals surface area contributed by atoms with Gasteiger partial charge < -0.3 is 39.8 Å². The van der Waals surface area contributed by atoms with Gasteiger partial charge in [-0.2, -0.15) is 0 Å². The van der Waals surface area contributed by atoms with Crippen LogP contribution in [0.4, 0.5) is 15.3 Å². The molecule has 1 aromatic carbocycles. The number of nitrogens with one attached hydrogen (secondary N) is 4. The molecular formula is C45H53ClFN7O9S. The molecular weight excluding hydrogens is 869 g/mol. The van der Waals surface area contributed by atoms with Crippen molar-refractivity contribution >= 4 is 63.4 Å². The summed E-state index contributed by atoms with van der Waals surface area (Å²) in [7, 11) is 0. The molecule has 1 saturated carbocycles. The molecule has 2 fully saturated rings. The molecule has 3 aliphatic rings. The van der Waals surface area contributed by atoms with E-state index in [2.05, 4.69) is 32.8 Å². The molecule has 19 heteroatoms. The van der Waals surface area contributed by atoms with Crippen molar-refractivity contribution in [3.63, 3.8) is 0 Å². The molecule has 3 aromatic rings. The lowest BCUT2D eigenvalue weighted by atomic mass is 9.69. The molecule has 4 heterocycles. The predicted octanol–water partition coefficient (Wildman–Crippen LogP) is 5.33. The lowest BCUT2D eigenvalue weighted by Gasteiger charge is -2.39. The van der Waals surface area contributed by atoms with Gasteiger partial charge in [-0.25, -0.2) is 14.4 Å². The van der Waals surface area contributed by atoms with Crippen molar-refractivity contribution in [2.24, 2.45) is 5.41 Å². The molecule has 1 atom stereocenters. The van der Waals surface area contributed by atoms with Crippen molar-refractivity contribution in [2.45, 2.75) is 70.4 Å². The Morgan fingerprint density at radius 2 is 1.77 bits per heavy atom. The number of pyridine rings is 1. The molecule has 0 bridgehead atoms. The monoisotopic (exact) mass is 921 g/mol. The third-order valence-electron chi connectivity index (χ3n) is 11.1. The van der Waals surface area contributed by atoms with Crippen LogP contribution >= 0.6 is 22.9 Å². The SMILES string of the molecule is C=C/C(=C\C1=C(C)C(=O)N(C2CCC(=O)NC2=O)C1)NC(=O)CCOCCOCCOCCNC(=O)C1(Cc2cccc(Nc3nccs3)n2)CCC(Oc2cccc(Cl)c2F)CC1. The van der Waals surface area contributed by atoms with Gasteiger partial charge in [0.2, 0.25) is 23.6 Å². The number of aromatic nitrogens is 2. The minimum absolute atomic E-state index is 0.00920. The Labute approximate surface area is 380 Å². The molecule has 2 aromatic heterocycles. The maximum Gasteiger partial charge on any atom is 0.250 e. The number of nitrogens with zero attached hydrogens (tertiary/aromatic N) is 3. The second-order valence-electron chi connectivity index (χ2n) is 15.5. The van der Waals surface area contributed by atoms with E-state index in [0.717, 1.165) is 5.69 Å².